The minimum Gasteiger partial charge on any atom is -0.330 e. The summed E-state index contributed by atoms with van der Waals surface area (Å²) in [5, 5.41) is 10.7. The molecular weight excluding hydrogens is 358 g/mol. The molecule has 0 radical (unpaired) electrons. The molecule has 0 bridgehead atoms. The van der Waals surface area contributed by atoms with Crippen molar-refractivity contribution in [2.45, 2.75) is 103 Å². The van der Waals surface area contributed by atoms with E-state index in [0.717, 1.165) is 13.1 Å². The van der Waals surface area contributed by atoms with Crippen LogP contribution in [0.4, 0.5) is 0 Å². The van der Waals surface area contributed by atoms with Crippen LogP contribution in [0.1, 0.15) is 103 Å². The average Bonchev–Trinajstić information content (AvgIpc) is 2.74. The maximum absolute atomic E-state index is 5.50. The Labute approximate surface area is 182 Å². The van der Waals surface area contributed by atoms with E-state index in [0.29, 0.717) is 0 Å². The number of nitrogens with two attached hydrogens (primary N) is 2. The molecule has 0 aliphatic carbocycles. The first-order valence-corrected chi connectivity index (χ1v) is 12.9. The van der Waals surface area contributed by atoms with Gasteiger partial charge in [-0.15, -0.1) is 0 Å². The van der Waals surface area contributed by atoms with E-state index < -0.39 is 0 Å². The highest BCUT2D eigenvalue weighted by atomic mass is 14.9. The fourth-order valence-corrected chi connectivity index (χ4v) is 3.58. The highest BCUT2D eigenvalue weighted by Gasteiger charge is 1.94. The third-order valence-corrected chi connectivity index (χ3v) is 5.53. The Morgan fingerprint density at radius 1 is 0.276 bits per heavy atom. The van der Waals surface area contributed by atoms with E-state index in [1.54, 1.807) is 0 Å². The minimum atomic E-state index is 0.844. The van der Waals surface area contributed by atoms with Crippen LogP contribution in [0.25, 0.3) is 0 Å². The first kappa shape index (κ1) is 28.8. The van der Waals surface area contributed by atoms with Gasteiger partial charge in [-0.25, -0.2) is 0 Å². The average molecular weight is 414 g/mol. The topological polar surface area (TPSA) is 88.1 Å². The quantitative estimate of drug-likeness (QED) is 0.139. The van der Waals surface area contributed by atoms with Gasteiger partial charge in [-0.3, -0.25) is 0 Å². The summed E-state index contributed by atoms with van der Waals surface area (Å²) in [5.74, 6) is 0. The molecule has 0 rings (SSSR count). The number of hydrogen-bond donors (Lipinski definition) is 5. The zero-order valence-corrected chi connectivity index (χ0v) is 19.6. The second-order valence-corrected chi connectivity index (χ2v) is 8.48. The Hall–Kier alpha value is -0.200. The van der Waals surface area contributed by atoms with Crippen LogP contribution >= 0.6 is 0 Å². The normalized spacial score (nSPS) is 11.4. The van der Waals surface area contributed by atoms with Crippen molar-refractivity contribution in [3.63, 3.8) is 0 Å². The Balaban J connectivity index is 2.97. The molecule has 0 aromatic heterocycles. The fraction of sp³-hybridized carbons (Fsp3) is 1.00. The van der Waals surface area contributed by atoms with Crippen molar-refractivity contribution in [1.29, 1.82) is 0 Å². The van der Waals surface area contributed by atoms with Crippen LogP contribution in [-0.2, 0) is 0 Å². The second-order valence-electron chi connectivity index (χ2n) is 8.48. The molecular formula is C24H55N5. The van der Waals surface area contributed by atoms with Crippen molar-refractivity contribution in [1.82, 2.24) is 16.0 Å². The van der Waals surface area contributed by atoms with Crippen LogP contribution in [0.15, 0.2) is 0 Å². The molecule has 0 atom stereocenters. The zero-order chi connectivity index (χ0) is 21.1. The van der Waals surface area contributed by atoms with Gasteiger partial charge in [0.1, 0.15) is 0 Å². The lowest BCUT2D eigenvalue weighted by Gasteiger charge is -2.07. The fourth-order valence-electron chi connectivity index (χ4n) is 3.58. The van der Waals surface area contributed by atoms with Gasteiger partial charge < -0.3 is 27.4 Å². The van der Waals surface area contributed by atoms with Gasteiger partial charge in [0.15, 0.2) is 0 Å². The molecule has 0 saturated carbocycles. The molecule has 0 aliphatic heterocycles. The highest BCUT2D eigenvalue weighted by Crippen LogP contribution is 2.01. The van der Waals surface area contributed by atoms with Gasteiger partial charge >= 0.3 is 0 Å². The van der Waals surface area contributed by atoms with E-state index >= 15 is 0 Å². The van der Waals surface area contributed by atoms with Crippen molar-refractivity contribution >= 4 is 0 Å². The van der Waals surface area contributed by atoms with Crippen molar-refractivity contribution in [2.24, 2.45) is 11.5 Å². The molecule has 0 spiro atoms. The van der Waals surface area contributed by atoms with Gasteiger partial charge in [0.2, 0.25) is 0 Å². The summed E-state index contributed by atoms with van der Waals surface area (Å²) in [5.41, 5.74) is 11.0. The summed E-state index contributed by atoms with van der Waals surface area (Å²) >= 11 is 0. The SMILES string of the molecule is NCCCCCCNCCCCCCNCCCCCCNCCCCCCN. The lowest BCUT2D eigenvalue weighted by Crippen LogP contribution is -2.18. The number of rotatable bonds is 26. The molecule has 29 heavy (non-hydrogen) atoms. The predicted molar refractivity (Wildman–Crippen MR) is 131 cm³/mol. The second kappa shape index (κ2) is 27.8. The standard InChI is InChI=1S/C24H55N5/c25-17-9-1-3-11-19-27-21-13-5-7-15-23-29-24-16-8-6-14-22-28-20-12-4-2-10-18-26/h27-29H,1-26H2. The largest absolute Gasteiger partial charge is 0.330 e. The van der Waals surface area contributed by atoms with E-state index in [2.05, 4.69) is 16.0 Å². The van der Waals surface area contributed by atoms with Crippen LogP contribution in [0.3, 0.4) is 0 Å². The van der Waals surface area contributed by atoms with E-state index in [4.69, 9.17) is 11.5 Å². The molecule has 0 aromatic carbocycles. The summed E-state index contributed by atoms with van der Waals surface area (Å²) in [6.45, 7) is 8.81. The first-order chi connectivity index (χ1) is 14.4. The van der Waals surface area contributed by atoms with Crippen LogP contribution in [0.5, 0.6) is 0 Å². The lowest BCUT2D eigenvalue weighted by molar-refractivity contribution is 0.529. The zero-order valence-electron chi connectivity index (χ0n) is 19.6. The van der Waals surface area contributed by atoms with Crippen LogP contribution < -0.4 is 27.4 Å². The molecule has 5 nitrogen and oxygen atoms in total. The Morgan fingerprint density at radius 3 is 0.690 bits per heavy atom. The minimum absolute atomic E-state index is 0.844. The highest BCUT2D eigenvalue weighted by molar-refractivity contribution is 4.55. The number of nitrogens with one attached hydrogen (secondary N) is 3. The maximum Gasteiger partial charge on any atom is -0.00489 e. The monoisotopic (exact) mass is 413 g/mol. The predicted octanol–water partition coefficient (Wildman–Crippen LogP) is 3.91. The molecule has 0 fully saturated rings. The molecule has 0 unspecified atom stereocenters. The molecule has 0 aliphatic rings. The Morgan fingerprint density at radius 2 is 0.483 bits per heavy atom. The first-order valence-electron chi connectivity index (χ1n) is 12.9. The van der Waals surface area contributed by atoms with Crippen LogP contribution in [-0.4, -0.2) is 52.4 Å². The molecule has 5 heteroatoms. The van der Waals surface area contributed by atoms with Crippen molar-refractivity contribution in [3.8, 4) is 0 Å². The van der Waals surface area contributed by atoms with E-state index in [-0.39, 0.29) is 0 Å². The molecule has 7 N–H and O–H groups in total. The maximum atomic E-state index is 5.50. The van der Waals surface area contributed by atoms with E-state index in [1.807, 2.05) is 0 Å². The van der Waals surface area contributed by atoms with E-state index in [1.165, 1.54) is 142 Å². The lowest BCUT2D eigenvalue weighted by atomic mass is 10.1. The van der Waals surface area contributed by atoms with Crippen molar-refractivity contribution in [2.75, 3.05) is 52.4 Å². The van der Waals surface area contributed by atoms with Gasteiger partial charge in [-0.05, 0) is 104 Å². The Kier molecular flexibility index (Phi) is 27.6. The summed E-state index contributed by atoms with van der Waals surface area (Å²) in [6, 6.07) is 0. The molecule has 0 heterocycles. The summed E-state index contributed by atoms with van der Waals surface area (Å²) in [6.07, 6.45) is 21.0. The van der Waals surface area contributed by atoms with Gasteiger partial charge in [-0.2, -0.15) is 0 Å². The van der Waals surface area contributed by atoms with Gasteiger partial charge in [0, 0.05) is 0 Å². The van der Waals surface area contributed by atoms with Gasteiger partial charge in [0.05, 0.1) is 0 Å². The van der Waals surface area contributed by atoms with Crippen molar-refractivity contribution in [3.05, 3.63) is 0 Å². The van der Waals surface area contributed by atoms with Gasteiger partial charge in [0.25, 0.3) is 0 Å². The smallest absolute Gasteiger partial charge is 0.00489 e. The third-order valence-electron chi connectivity index (χ3n) is 5.53. The summed E-state index contributed by atoms with van der Waals surface area (Å²) < 4.78 is 0. The summed E-state index contributed by atoms with van der Waals surface area (Å²) in [4.78, 5) is 0. The van der Waals surface area contributed by atoms with Crippen LogP contribution in [0.2, 0.25) is 0 Å². The molecule has 0 saturated heterocycles. The summed E-state index contributed by atoms with van der Waals surface area (Å²) in [7, 11) is 0. The molecule has 176 valence electrons. The van der Waals surface area contributed by atoms with Crippen molar-refractivity contribution < 1.29 is 0 Å². The van der Waals surface area contributed by atoms with Gasteiger partial charge in [-0.1, -0.05) is 51.4 Å². The number of hydrogen-bond acceptors (Lipinski definition) is 5. The van der Waals surface area contributed by atoms with E-state index in [9.17, 15) is 0 Å². The molecule has 0 amide bonds. The third kappa shape index (κ3) is 27.8. The van der Waals surface area contributed by atoms with Crippen LogP contribution in [0, 0.1) is 0 Å². The number of unbranched alkanes of at least 4 members (excludes halogenated alkanes) is 12. The molecule has 0 aromatic rings. The Bertz CT molecular complexity index is 250.